The lowest BCUT2D eigenvalue weighted by molar-refractivity contribution is -0.167. The molecule has 0 N–H and O–H groups in total. The van der Waals surface area contributed by atoms with Crippen molar-refractivity contribution >= 4 is 17.9 Å². The molecule has 0 aromatic rings. The molecular weight excluding hydrogens is 937 g/mol. The molecule has 1 atom stereocenters. The lowest BCUT2D eigenvalue weighted by atomic mass is 10.0. The SMILES string of the molecule is CC/C=C\C/C=C\C/C=C\CCCCCCCCCC(=O)OC(COC(=O)CCCCC/C=C\C/C=C\C/C=C\CC)COC(=O)CCCCCCCCCCCCCCCCCCCCCCCCCCCCCC. The lowest BCUT2D eigenvalue weighted by Gasteiger charge is -2.18. The van der Waals surface area contributed by atoms with E-state index in [1.807, 2.05) is 0 Å². The third-order valence-corrected chi connectivity index (χ3v) is 14.5. The Morgan fingerprint density at radius 2 is 0.513 bits per heavy atom. The number of unbranched alkanes of at least 4 members (excludes halogenated alkanes) is 37. The Kier molecular flexibility index (Phi) is 61.7. The molecule has 0 spiro atoms. The van der Waals surface area contributed by atoms with Crippen molar-refractivity contribution in [3.63, 3.8) is 0 Å². The first-order valence-electron chi connectivity index (χ1n) is 32.9. The topological polar surface area (TPSA) is 78.9 Å². The zero-order valence-corrected chi connectivity index (χ0v) is 50.5. The molecule has 0 saturated heterocycles. The van der Waals surface area contributed by atoms with E-state index in [0.29, 0.717) is 19.3 Å². The van der Waals surface area contributed by atoms with Crippen LogP contribution in [-0.4, -0.2) is 37.2 Å². The molecule has 0 saturated carbocycles. The van der Waals surface area contributed by atoms with Crippen molar-refractivity contribution in [1.82, 2.24) is 0 Å². The summed E-state index contributed by atoms with van der Waals surface area (Å²) in [6.45, 7) is 6.43. The van der Waals surface area contributed by atoms with Crippen LogP contribution in [0.1, 0.15) is 335 Å². The first-order valence-corrected chi connectivity index (χ1v) is 32.9. The van der Waals surface area contributed by atoms with E-state index < -0.39 is 6.10 Å². The number of carbonyl (C=O) groups is 3. The van der Waals surface area contributed by atoms with Crippen molar-refractivity contribution in [2.45, 2.75) is 341 Å². The van der Waals surface area contributed by atoms with Gasteiger partial charge in [-0.2, -0.15) is 0 Å². The highest BCUT2D eigenvalue weighted by Gasteiger charge is 2.19. The van der Waals surface area contributed by atoms with Gasteiger partial charge in [0.25, 0.3) is 0 Å². The smallest absolute Gasteiger partial charge is 0.306 e. The van der Waals surface area contributed by atoms with E-state index in [1.165, 1.54) is 186 Å². The van der Waals surface area contributed by atoms with Crippen molar-refractivity contribution in [1.29, 1.82) is 0 Å². The summed E-state index contributed by atoms with van der Waals surface area (Å²) in [7, 11) is 0. The largest absolute Gasteiger partial charge is 0.462 e. The van der Waals surface area contributed by atoms with Crippen LogP contribution in [0, 0.1) is 0 Å². The average molecular weight is 1060 g/mol. The maximum Gasteiger partial charge on any atom is 0.306 e. The van der Waals surface area contributed by atoms with E-state index in [4.69, 9.17) is 14.2 Å². The molecule has 0 aliphatic rings. The first-order chi connectivity index (χ1) is 37.5. The van der Waals surface area contributed by atoms with Crippen LogP contribution in [0.4, 0.5) is 0 Å². The highest BCUT2D eigenvalue weighted by molar-refractivity contribution is 5.71. The van der Waals surface area contributed by atoms with Gasteiger partial charge in [-0.05, 0) is 83.5 Å². The summed E-state index contributed by atoms with van der Waals surface area (Å²) < 4.78 is 16.9. The molecule has 0 amide bonds. The van der Waals surface area contributed by atoms with Crippen molar-refractivity contribution in [2.75, 3.05) is 13.2 Å². The minimum Gasteiger partial charge on any atom is -0.462 e. The molecule has 0 aromatic heterocycles. The van der Waals surface area contributed by atoms with Gasteiger partial charge >= 0.3 is 17.9 Å². The van der Waals surface area contributed by atoms with E-state index >= 15 is 0 Å². The number of hydrogen-bond acceptors (Lipinski definition) is 6. The molecule has 0 fully saturated rings. The van der Waals surface area contributed by atoms with Crippen LogP contribution in [0.3, 0.4) is 0 Å². The third-order valence-electron chi connectivity index (χ3n) is 14.5. The van der Waals surface area contributed by atoms with E-state index in [1.54, 1.807) is 0 Å². The molecule has 0 aromatic carbocycles. The second kappa shape index (κ2) is 64.4. The number of esters is 3. The molecule has 0 radical (unpaired) electrons. The molecule has 0 heterocycles. The quantitative estimate of drug-likeness (QED) is 0.0261. The second-order valence-electron chi connectivity index (χ2n) is 22.0. The number of allylic oxidation sites excluding steroid dienone is 12. The summed E-state index contributed by atoms with van der Waals surface area (Å²) in [6.07, 6.45) is 83.7. The van der Waals surface area contributed by atoms with Gasteiger partial charge in [0.15, 0.2) is 6.10 Å². The fourth-order valence-corrected chi connectivity index (χ4v) is 9.59. The minimum atomic E-state index is -0.793. The van der Waals surface area contributed by atoms with Gasteiger partial charge in [-0.25, -0.2) is 0 Å². The predicted molar refractivity (Wildman–Crippen MR) is 330 cm³/mol. The van der Waals surface area contributed by atoms with Gasteiger partial charge in [0.2, 0.25) is 0 Å². The maximum absolute atomic E-state index is 12.9. The molecule has 76 heavy (non-hydrogen) atoms. The summed E-state index contributed by atoms with van der Waals surface area (Å²) in [5.74, 6) is -0.912. The van der Waals surface area contributed by atoms with Crippen LogP contribution >= 0.6 is 0 Å². The molecule has 0 aliphatic heterocycles. The Morgan fingerprint density at radius 3 is 0.816 bits per heavy atom. The molecule has 440 valence electrons. The van der Waals surface area contributed by atoms with Crippen molar-refractivity contribution < 1.29 is 28.6 Å². The van der Waals surface area contributed by atoms with Crippen LogP contribution in [0.5, 0.6) is 0 Å². The van der Waals surface area contributed by atoms with Crippen LogP contribution in [0.2, 0.25) is 0 Å². The van der Waals surface area contributed by atoms with E-state index in [2.05, 4.69) is 93.7 Å². The van der Waals surface area contributed by atoms with Gasteiger partial charge < -0.3 is 14.2 Å². The molecule has 6 nitrogen and oxygen atoms in total. The molecule has 1 unspecified atom stereocenters. The number of carbonyl (C=O) groups excluding carboxylic acids is 3. The summed E-state index contributed by atoms with van der Waals surface area (Å²) in [6, 6.07) is 0. The van der Waals surface area contributed by atoms with Crippen LogP contribution in [0.15, 0.2) is 72.9 Å². The monoisotopic (exact) mass is 1060 g/mol. The highest BCUT2D eigenvalue weighted by atomic mass is 16.6. The Bertz CT molecular complexity index is 1400. The van der Waals surface area contributed by atoms with Gasteiger partial charge in [-0.1, -0.05) is 306 Å². The normalized spacial score (nSPS) is 12.5. The number of rotatable bonds is 60. The first kappa shape index (κ1) is 72.8. The Hall–Kier alpha value is -3.15. The van der Waals surface area contributed by atoms with E-state index in [-0.39, 0.29) is 31.1 Å². The third kappa shape index (κ3) is 61.7. The molecule has 6 heteroatoms. The molecule has 0 bridgehead atoms. The lowest BCUT2D eigenvalue weighted by Crippen LogP contribution is -2.30. The molecule has 0 aliphatic carbocycles. The zero-order chi connectivity index (χ0) is 55.0. The second-order valence-corrected chi connectivity index (χ2v) is 22.0. The Morgan fingerprint density at radius 1 is 0.276 bits per heavy atom. The minimum absolute atomic E-state index is 0.0864. The molecular formula is C70H124O6. The molecule has 0 rings (SSSR count). The van der Waals surface area contributed by atoms with Gasteiger partial charge in [-0.3, -0.25) is 14.4 Å². The fraction of sp³-hybridized carbons (Fsp3) is 0.786. The maximum atomic E-state index is 12.9. The van der Waals surface area contributed by atoms with Gasteiger partial charge in [0.05, 0.1) is 0 Å². The Balaban J connectivity index is 4.22. The van der Waals surface area contributed by atoms with Gasteiger partial charge in [0, 0.05) is 19.3 Å². The average Bonchev–Trinajstić information content (AvgIpc) is 3.42. The predicted octanol–water partition coefficient (Wildman–Crippen LogP) is 22.5. The van der Waals surface area contributed by atoms with Crippen LogP contribution in [0.25, 0.3) is 0 Å². The number of ether oxygens (including phenoxy) is 3. The highest BCUT2D eigenvalue weighted by Crippen LogP contribution is 2.18. The summed E-state index contributed by atoms with van der Waals surface area (Å²) in [5.41, 5.74) is 0. The fourth-order valence-electron chi connectivity index (χ4n) is 9.59. The van der Waals surface area contributed by atoms with Gasteiger partial charge in [0.1, 0.15) is 13.2 Å². The summed E-state index contributed by atoms with van der Waals surface area (Å²) in [5, 5.41) is 0. The van der Waals surface area contributed by atoms with E-state index in [0.717, 1.165) is 109 Å². The Labute approximate surface area is 472 Å². The van der Waals surface area contributed by atoms with Crippen molar-refractivity contribution in [3.05, 3.63) is 72.9 Å². The summed E-state index contributed by atoms with van der Waals surface area (Å²) in [4.78, 5) is 38.3. The van der Waals surface area contributed by atoms with Crippen LogP contribution in [-0.2, 0) is 28.6 Å². The number of hydrogen-bond donors (Lipinski definition) is 0. The summed E-state index contributed by atoms with van der Waals surface area (Å²) >= 11 is 0. The van der Waals surface area contributed by atoms with Crippen molar-refractivity contribution in [3.8, 4) is 0 Å². The van der Waals surface area contributed by atoms with Crippen molar-refractivity contribution in [2.24, 2.45) is 0 Å². The van der Waals surface area contributed by atoms with Crippen LogP contribution < -0.4 is 0 Å². The van der Waals surface area contributed by atoms with E-state index in [9.17, 15) is 14.4 Å². The van der Waals surface area contributed by atoms with Gasteiger partial charge in [-0.15, -0.1) is 0 Å². The standard InChI is InChI=1S/C70H124O6/c1-4-7-10-13-16-19-22-25-27-29-30-31-32-33-34-35-36-37-38-39-41-42-45-48-51-54-57-60-63-69(72)75-66-67(65-74-68(71)62-59-56-53-50-47-44-24-21-18-15-12-9-6-3)76-70(73)64-61-58-55-52-49-46-43-40-28-26-23-20-17-14-11-8-5-2/h8-9,11-12,17-18,20-21,26,28,44,47,67H,4-7,10,13-16,19,22-25,27,29-43,45-46,48-66H2,1-3H3/b11-8-,12-9-,20-17-,21-18-,28-26-,47-44-. The zero-order valence-electron chi connectivity index (χ0n) is 50.5.